The molecule has 2 aromatic rings. The summed E-state index contributed by atoms with van der Waals surface area (Å²) in [4.78, 5) is 12.7. The molecule has 0 unspecified atom stereocenters. The SMILES string of the molecule is COc1ccc(S(=O)(=O)N2CCOCC2)cc1NC(=O)c1ccc(CS(C)(=O)=O)cc1. The fourth-order valence-corrected chi connectivity index (χ4v) is 5.36. The number of nitrogens with one attached hydrogen (secondary N) is 1. The largest absolute Gasteiger partial charge is 0.495 e. The summed E-state index contributed by atoms with van der Waals surface area (Å²) in [5.74, 6) is -0.294. The third kappa shape index (κ3) is 5.82. The number of benzene rings is 2. The van der Waals surface area contributed by atoms with Gasteiger partial charge in [-0.25, -0.2) is 16.8 Å². The van der Waals surface area contributed by atoms with Crippen molar-refractivity contribution in [2.24, 2.45) is 0 Å². The zero-order valence-electron chi connectivity index (χ0n) is 17.2. The second-order valence-electron chi connectivity index (χ2n) is 7.10. The van der Waals surface area contributed by atoms with Crippen LogP contribution in [0.3, 0.4) is 0 Å². The maximum Gasteiger partial charge on any atom is 0.255 e. The molecule has 0 aliphatic carbocycles. The number of morpholine rings is 1. The van der Waals surface area contributed by atoms with E-state index in [9.17, 15) is 21.6 Å². The molecule has 1 fully saturated rings. The van der Waals surface area contributed by atoms with Gasteiger partial charge in [-0.05, 0) is 35.9 Å². The monoisotopic (exact) mass is 468 g/mol. The average Bonchev–Trinajstić information content (AvgIpc) is 2.73. The van der Waals surface area contributed by atoms with Crippen LogP contribution in [0.15, 0.2) is 47.4 Å². The van der Waals surface area contributed by atoms with Gasteiger partial charge < -0.3 is 14.8 Å². The highest BCUT2D eigenvalue weighted by Crippen LogP contribution is 2.29. The molecule has 1 heterocycles. The van der Waals surface area contributed by atoms with E-state index in [1.54, 1.807) is 12.1 Å². The van der Waals surface area contributed by atoms with Crippen LogP contribution in [0, 0.1) is 0 Å². The number of methoxy groups -OCH3 is 1. The number of carbonyl (C=O) groups excluding carboxylic acids is 1. The van der Waals surface area contributed by atoms with Crippen LogP contribution in [-0.2, 0) is 30.4 Å². The van der Waals surface area contributed by atoms with Crippen LogP contribution < -0.4 is 10.1 Å². The lowest BCUT2D eigenvalue weighted by Gasteiger charge is -2.26. The summed E-state index contributed by atoms with van der Waals surface area (Å²) >= 11 is 0. The third-order valence-corrected chi connectivity index (χ3v) is 7.42. The third-order valence-electron chi connectivity index (χ3n) is 4.67. The first-order chi connectivity index (χ1) is 14.6. The lowest BCUT2D eigenvalue weighted by Crippen LogP contribution is -2.40. The van der Waals surface area contributed by atoms with E-state index in [4.69, 9.17) is 9.47 Å². The van der Waals surface area contributed by atoms with E-state index in [1.807, 2.05) is 0 Å². The number of sulfone groups is 1. The lowest BCUT2D eigenvalue weighted by molar-refractivity contribution is 0.0730. The number of carbonyl (C=O) groups is 1. The summed E-state index contributed by atoms with van der Waals surface area (Å²) in [6, 6.07) is 10.4. The Labute approximate surface area is 181 Å². The van der Waals surface area contributed by atoms with Gasteiger partial charge in [-0.15, -0.1) is 0 Å². The Balaban J connectivity index is 1.83. The molecule has 0 atom stereocenters. The number of ether oxygens (including phenoxy) is 2. The van der Waals surface area contributed by atoms with Gasteiger partial charge in [-0.2, -0.15) is 4.31 Å². The molecule has 1 saturated heterocycles. The number of anilines is 1. The standard InChI is InChI=1S/C20H24N2O7S2/c1-28-19-8-7-17(31(26,27)22-9-11-29-12-10-22)13-18(19)21-20(23)16-5-3-15(4-6-16)14-30(2,24)25/h3-8,13H,9-12,14H2,1-2H3,(H,21,23). The fourth-order valence-electron chi connectivity index (χ4n) is 3.13. The summed E-state index contributed by atoms with van der Waals surface area (Å²) in [7, 11) is -5.51. The first-order valence-corrected chi connectivity index (χ1v) is 12.9. The highest BCUT2D eigenvalue weighted by atomic mass is 32.2. The molecule has 31 heavy (non-hydrogen) atoms. The fraction of sp³-hybridized carbons (Fsp3) is 0.350. The number of sulfonamides is 1. The van der Waals surface area contributed by atoms with Crippen LogP contribution in [0.1, 0.15) is 15.9 Å². The van der Waals surface area contributed by atoms with E-state index in [0.29, 0.717) is 30.1 Å². The molecule has 1 amide bonds. The van der Waals surface area contributed by atoms with Crippen LogP contribution in [0.25, 0.3) is 0 Å². The van der Waals surface area contributed by atoms with Gasteiger partial charge >= 0.3 is 0 Å². The molecule has 0 bridgehead atoms. The van der Waals surface area contributed by atoms with Gasteiger partial charge in [-0.1, -0.05) is 12.1 Å². The molecular formula is C20H24N2O7S2. The second-order valence-corrected chi connectivity index (χ2v) is 11.2. The van der Waals surface area contributed by atoms with Gasteiger partial charge in [0.15, 0.2) is 9.84 Å². The number of amides is 1. The molecule has 11 heteroatoms. The molecule has 168 valence electrons. The van der Waals surface area contributed by atoms with E-state index >= 15 is 0 Å². The van der Waals surface area contributed by atoms with Crippen molar-refractivity contribution in [3.05, 3.63) is 53.6 Å². The Morgan fingerprint density at radius 2 is 1.71 bits per heavy atom. The van der Waals surface area contributed by atoms with Crippen LogP contribution in [0.2, 0.25) is 0 Å². The van der Waals surface area contributed by atoms with Crippen molar-refractivity contribution in [1.82, 2.24) is 4.31 Å². The lowest BCUT2D eigenvalue weighted by atomic mass is 10.1. The van der Waals surface area contributed by atoms with E-state index in [0.717, 1.165) is 6.26 Å². The van der Waals surface area contributed by atoms with Crippen LogP contribution >= 0.6 is 0 Å². The maximum atomic E-state index is 12.9. The van der Waals surface area contributed by atoms with Crippen molar-refractivity contribution >= 4 is 31.5 Å². The molecule has 1 aliphatic rings. The average molecular weight is 469 g/mol. The van der Waals surface area contributed by atoms with Crippen molar-refractivity contribution in [2.45, 2.75) is 10.6 Å². The van der Waals surface area contributed by atoms with Crippen molar-refractivity contribution < 1.29 is 31.1 Å². The molecular weight excluding hydrogens is 444 g/mol. The summed E-state index contributed by atoms with van der Waals surface area (Å²) in [6.45, 7) is 1.17. The number of hydrogen-bond donors (Lipinski definition) is 1. The van der Waals surface area contributed by atoms with Crippen molar-refractivity contribution in [3.8, 4) is 5.75 Å². The van der Waals surface area contributed by atoms with Gasteiger partial charge in [0, 0.05) is 24.9 Å². The zero-order chi connectivity index (χ0) is 22.6. The molecule has 0 spiro atoms. The summed E-state index contributed by atoms with van der Waals surface area (Å²) < 4.78 is 60.4. The minimum Gasteiger partial charge on any atom is -0.495 e. The molecule has 1 aliphatic heterocycles. The topological polar surface area (TPSA) is 119 Å². The highest BCUT2D eigenvalue weighted by Gasteiger charge is 2.27. The Kier molecular flexibility index (Phi) is 6.99. The van der Waals surface area contributed by atoms with E-state index < -0.39 is 25.8 Å². The summed E-state index contributed by atoms with van der Waals surface area (Å²) in [5, 5.41) is 2.67. The molecule has 2 aromatic carbocycles. The molecule has 0 radical (unpaired) electrons. The molecule has 3 rings (SSSR count). The van der Waals surface area contributed by atoms with E-state index in [1.165, 1.54) is 41.7 Å². The van der Waals surface area contributed by atoms with Gasteiger partial charge in [0.1, 0.15) is 5.75 Å². The predicted octanol–water partition coefficient (Wildman–Crippen LogP) is 1.51. The Morgan fingerprint density at radius 1 is 1.06 bits per heavy atom. The molecule has 1 N–H and O–H groups in total. The van der Waals surface area contributed by atoms with Gasteiger partial charge in [0.25, 0.3) is 5.91 Å². The van der Waals surface area contributed by atoms with E-state index in [-0.39, 0.29) is 29.4 Å². The quantitative estimate of drug-likeness (QED) is 0.654. The molecule has 0 saturated carbocycles. The minimum atomic E-state index is -3.74. The van der Waals surface area contributed by atoms with Crippen LogP contribution in [0.5, 0.6) is 5.75 Å². The summed E-state index contributed by atoms with van der Waals surface area (Å²) in [5.41, 5.74) is 1.07. The van der Waals surface area contributed by atoms with Crippen LogP contribution in [0.4, 0.5) is 5.69 Å². The number of hydrogen-bond acceptors (Lipinski definition) is 7. The van der Waals surface area contributed by atoms with Gasteiger partial charge in [-0.3, -0.25) is 4.79 Å². The zero-order valence-corrected chi connectivity index (χ0v) is 18.8. The highest BCUT2D eigenvalue weighted by molar-refractivity contribution is 7.90. The normalized spacial score (nSPS) is 15.4. The second kappa shape index (κ2) is 9.35. The van der Waals surface area contributed by atoms with Crippen LogP contribution in [-0.4, -0.2) is 66.7 Å². The molecule has 9 nitrogen and oxygen atoms in total. The first-order valence-electron chi connectivity index (χ1n) is 9.44. The minimum absolute atomic E-state index is 0.0361. The smallest absolute Gasteiger partial charge is 0.255 e. The Bertz CT molecular complexity index is 1150. The Morgan fingerprint density at radius 3 is 2.29 bits per heavy atom. The first kappa shape index (κ1) is 23.2. The summed E-state index contributed by atoms with van der Waals surface area (Å²) in [6.07, 6.45) is 1.14. The Hall–Kier alpha value is -2.47. The van der Waals surface area contributed by atoms with Crippen molar-refractivity contribution in [3.63, 3.8) is 0 Å². The number of nitrogens with zero attached hydrogens (tertiary/aromatic N) is 1. The van der Waals surface area contributed by atoms with Crippen molar-refractivity contribution in [2.75, 3.05) is 45.0 Å². The van der Waals surface area contributed by atoms with E-state index in [2.05, 4.69) is 5.32 Å². The number of rotatable bonds is 7. The van der Waals surface area contributed by atoms with Crippen molar-refractivity contribution in [1.29, 1.82) is 0 Å². The molecule has 0 aromatic heterocycles. The van der Waals surface area contributed by atoms with Gasteiger partial charge in [0.2, 0.25) is 10.0 Å². The predicted molar refractivity (Wildman–Crippen MR) is 116 cm³/mol. The van der Waals surface area contributed by atoms with Gasteiger partial charge in [0.05, 0.1) is 36.7 Å². The maximum absolute atomic E-state index is 12.9.